The molecule has 0 aromatic heterocycles. The fourth-order valence-electron chi connectivity index (χ4n) is 2.59. The van der Waals surface area contributed by atoms with Crippen molar-refractivity contribution in [2.45, 2.75) is 13.3 Å². The number of rotatable bonds is 6. The van der Waals surface area contributed by atoms with E-state index < -0.39 is 0 Å². The van der Waals surface area contributed by atoms with Crippen molar-refractivity contribution in [3.63, 3.8) is 0 Å². The molecule has 1 aliphatic heterocycles. The quantitative estimate of drug-likeness (QED) is 0.642. The van der Waals surface area contributed by atoms with Crippen LogP contribution in [-0.4, -0.2) is 62.0 Å². The lowest BCUT2D eigenvalue weighted by molar-refractivity contribution is -0.116. The normalized spacial score (nSPS) is 17.0. The Morgan fingerprint density at radius 2 is 2.05 bits per heavy atom. The third-order valence-electron chi connectivity index (χ3n) is 4.02. The van der Waals surface area contributed by atoms with Crippen LogP contribution < -0.4 is 5.32 Å². The summed E-state index contributed by atoms with van der Waals surface area (Å²) in [6.45, 7) is 8.42. The van der Waals surface area contributed by atoms with Crippen LogP contribution in [0.15, 0.2) is 30.3 Å². The Balaban J connectivity index is 1.61. The van der Waals surface area contributed by atoms with E-state index in [2.05, 4.69) is 41.2 Å². The zero-order valence-corrected chi connectivity index (χ0v) is 13.7. The fraction of sp³-hybridized carbons (Fsp3) is 0.500. The van der Waals surface area contributed by atoms with Crippen LogP contribution in [-0.2, 0) is 4.79 Å². The van der Waals surface area contributed by atoms with Gasteiger partial charge in [-0.05, 0) is 38.6 Å². The lowest BCUT2D eigenvalue weighted by Gasteiger charge is -2.32. The van der Waals surface area contributed by atoms with Crippen molar-refractivity contribution >= 4 is 12.0 Å². The Labute approximate surface area is 133 Å². The first kappa shape index (κ1) is 16.7. The van der Waals surface area contributed by atoms with Gasteiger partial charge in [-0.2, -0.15) is 0 Å². The van der Waals surface area contributed by atoms with Crippen molar-refractivity contribution in [3.8, 4) is 0 Å². The molecular weight excluding hydrogens is 274 g/mol. The van der Waals surface area contributed by atoms with E-state index in [0.717, 1.165) is 51.3 Å². The second kappa shape index (κ2) is 8.71. The van der Waals surface area contributed by atoms with Crippen LogP contribution in [0.5, 0.6) is 0 Å². The summed E-state index contributed by atoms with van der Waals surface area (Å²) >= 11 is 0. The lowest BCUT2D eigenvalue weighted by Crippen LogP contribution is -2.45. The molecule has 1 saturated heterocycles. The molecule has 2 rings (SSSR count). The first-order chi connectivity index (χ1) is 10.6. The molecule has 1 N–H and O–H groups in total. The maximum absolute atomic E-state index is 11.8. The molecule has 1 aliphatic rings. The molecule has 1 heterocycles. The first-order valence-corrected chi connectivity index (χ1v) is 8.07. The number of aryl methyl sites for hydroxylation is 1. The van der Waals surface area contributed by atoms with Crippen LogP contribution in [0.4, 0.5) is 0 Å². The second-order valence-corrected chi connectivity index (χ2v) is 6.04. The van der Waals surface area contributed by atoms with Gasteiger partial charge in [0.2, 0.25) is 5.91 Å². The van der Waals surface area contributed by atoms with Gasteiger partial charge in [-0.3, -0.25) is 4.79 Å². The molecule has 0 bridgehead atoms. The maximum atomic E-state index is 11.8. The Kier molecular flexibility index (Phi) is 6.62. The van der Waals surface area contributed by atoms with E-state index in [-0.39, 0.29) is 5.91 Å². The average molecular weight is 301 g/mol. The molecule has 120 valence electrons. The number of piperazine rings is 1. The van der Waals surface area contributed by atoms with Gasteiger partial charge >= 0.3 is 0 Å². The van der Waals surface area contributed by atoms with Crippen molar-refractivity contribution < 1.29 is 4.79 Å². The van der Waals surface area contributed by atoms with E-state index in [9.17, 15) is 4.79 Å². The van der Waals surface area contributed by atoms with Crippen LogP contribution in [0.2, 0.25) is 0 Å². The minimum absolute atomic E-state index is 0.0140. The third kappa shape index (κ3) is 6.00. The molecule has 0 atom stereocenters. The predicted octanol–water partition coefficient (Wildman–Crippen LogP) is 1.76. The minimum atomic E-state index is -0.0140. The minimum Gasteiger partial charge on any atom is -0.353 e. The Morgan fingerprint density at radius 3 is 2.77 bits per heavy atom. The molecule has 0 unspecified atom stereocenters. The number of likely N-dealkylation sites (N-methyl/N-ethyl adjacent to an activating group) is 1. The summed E-state index contributed by atoms with van der Waals surface area (Å²) in [5.74, 6) is -0.0140. The zero-order valence-electron chi connectivity index (χ0n) is 13.7. The molecule has 4 nitrogen and oxygen atoms in total. The highest BCUT2D eigenvalue weighted by Gasteiger charge is 2.12. The number of nitrogens with one attached hydrogen (secondary N) is 1. The van der Waals surface area contributed by atoms with Gasteiger partial charge in [-0.25, -0.2) is 0 Å². The second-order valence-electron chi connectivity index (χ2n) is 6.04. The van der Waals surface area contributed by atoms with Gasteiger partial charge in [-0.15, -0.1) is 0 Å². The van der Waals surface area contributed by atoms with Crippen molar-refractivity contribution in [1.29, 1.82) is 0 Å². The number of hydrogen-bond donors (Lipinski definition) is 1. The fourth-order valence-corrected chi connectivity index (χ4v) is 2.59. The van der Waals surface area contributed by atoms with Gasteiger partial charge < -0.3 is 15.1 Å². The highest BCUT2D eigenvalue weighted by molar-refractivity contribution is 5.91. The van der Waals surface area contributed by atoms with E-state index in [1.165, 1.54) is 5.56 Å². The highest BCUT2D eigenvalue weighted by Crippen LogP contribution is 2.05. The molecule has 1 aromatic rings. The molecule has 1 amide bonds. The first-order valence-electron chi connectivity index (χ1n) is 8.07. The van der Waals surface area contributed by atoms with Gasteiger partial charge in [0.15, 0.2) is 0 Å². The lowest BCUT2D eigenvalue weighted by atomic mass is 10.1. The molecule has 1 fully saturated rings. The van der Waals surface area contributed by atoms with Gasteiger partial charge in [0, 0.05) is 38.8 Å². The largest absolute Gasteiger partial charge is 0.353 e. The molecule has 0 radical (unpaired) electrons. The van der Waals surface area contributed by atoms with Gasteiger partial charge in [0.25, 0.3) is 0 Å². The summed E-state index contributed by atoms with van der Waals surface area (Å²) in [6, 6.07) is 8.13. The third-order valence-corrected chi connectivity index (χ3v) is 4.02. The van der Waals surface area contributed by atoms with E-state index in [0.29, 0.717) is 0 Å². The Hall–Kier alpha value is -1.65. The molecule has 4 heteroatoms. The van der Waals surface area contributed by atoms with E-state index in [1.807, 2.05) is 18.2 Å². The summed E-state index contributed by atoms with van der Waals surface area (Å²) in [7, 11) is 2.16. The smallest absolute Gasteiger partial charge is 0.243 e. The van der Waals surface area contributed by atoms with E-state index in [1.54, 1.807) is 6.08 Å². The van der Waals surface area contributed by atoms with Crippen molar-refractivity contribution in [2.24, 2.45) is 0 Å². The Bertz CT molecular complexity index is 505. The molecule has 0 aliphatic carbocycles. The molecule has 0 spiro atoms. The van der Waals surface area contributed by atoms with Crippen molar-refractivity contribution in [3.05, 3.63) is 41.5 Å². The molecule has 1 aromatic carbocycles. The summed E-state index contributed by atoms with van der Waals surface area (Å²) < 4.78 is 0. The van der Waals surface area contributed by atoms with Gasteiger partial charge in [-0.1, -0.05) is 29.8 Å². The van der Waals surface area contributed by atoms with E-state index in [4.69, 9.17) is 0 Å². The SMILES string of the molecule is Cc1cccc(/C=C/C(=O)NCCCN2CCN(C)CC2)c1. The van der Waals surface area contributed by atoms with Crippen LogP contribution in [0.1, 0.15) is 17.5 Å². The van der Waals surface area contributed by atoms with Crippen LogP contribution in [0.25, 0.3) is 6.08 Å². The number of carbonyl (C=O) groups is 1. The molecule has 22 heavy (non-hydrogen) atoms. The van der Waals surface area contributed by atoms with E-state index >= 15 is 0 Å². The monoisotopic (exact) mass is 301 g/mol. The topological polar surface area (TPSA) is 35.6 Å². The number of nitrogens with zero attached hydrogens (tertiary/aromatic N) is 2. The standard InChI is InChI=1S/C18H27N3O/c1-16-5-3-6-17(15-16)7-8-18(22)19-9-4-10-21-13-11-20(2)12-14-21/h3,5-8,15H,4,9-14H2,1-2H3,(H,19,22)/b8-7+. The summed E-state index contributed by atoms with van der Waals surface area (Å²) in [5.41, 5.74) is 2.27. The average Bonchev–Trinajstić information content (AvgIpc) is 2.51. The van der Waals surface area contributed by atoms with Crippen LogP contribution in [0, 0.1) is 6.92 Å². The molecular formula is C18H27N3O. The van der Waals surface area contributed by atoms with Crippen molar-refractivity contribution in [2.75, 3.05) is 46.3 Å². The van der Waals surface area contributed by atoms with Gasteiger partial charge in [0.05, 0.1) is 0 Å². The summed E-state index contributed by atoms with van der Waals surface area (Å²) in [6.07, 6.45) is 4.49. The summed E-state index contributed by atoms with van der Waals surface area (Å²) in [5, 5.41) is 2.95. The molecule has 0 saturated carbocycles. The van der Waals surface area contributed by atoms with Gasteiger partial charge in [0.1, 0.15) is 0 Å². The van der Waals surface area contributed by atoms with Crippen LogP contribution in [0.3, 0.4) is 0 Å². The number of benzene rings is 1. The maximum Gasteiger partial charge on any atom is 0.243 e. The highest BCUT2D eigenvalue weighted by atomic mass is 16.1. The Morgan fingerprint density at radius 1 is 1.27 bits per heavy atom. The predicted molar refractivity (Wildman–Crippen MR) is 91.8 cm³/mol. The summed E-state index contributed by atoms with van der Waals surface area (Å²) in [4.78, 5) is 16.6. The van der Waals surface area contributed by atoms with Crippen molar-refractivity contribution in [1.82, 2.24) is 15.1 Å². The zero-order chi connectivity index (χ0) is 15.8. The number of amides is 1. The van der Waals surface area contributed by atoms with Crippen LogP contribution >= 0.6 is 0 Å². The number of hydrogen-bond acceptors (Lipinski definition) is 3. The number of carbonyl (C=O) groups excluding carboxylic acids is 1.